The third-order valence-electron chi connectivity index (χ3n) is 8.30. The number of ether oxygens (including phenoxy) is 2. The van der Waals surface area contributed by atoms with Crippen LogP contribution in [0.25, 0.3) is 0 Å². The predicted molar refractivity (Wildman–Crippen MR) is 204 cm³/mol. The Morgan fingerprint density at radius 2 is 0.891 bits per heavy atom. The van der Waals surface area contributed by atoms with Crippen LogP contribution < -0.4 is 0 Å². The molecule has 0 aliphatic carbocycles. The molecule has 4 nitrogen and oxygen atoms in total. The summed E-state index contributed by atoms with van der Waals surface area (Å²) in [5, 5.41) is 0. The van der Waals surface area contributed by atoms with Crippen molar-refractivity contribution in [2.75, 3.05) is 31.8 Å². The number of sulfone groups is 1. The van der Waals surface area contributed by atoms with E-state index >= 15 is 0 Å². The van der Waals surface area contributed by atoms with Gasteiger partial charge in [0, 0.05) is 19.5 Å². The van der Waals surface area contributed by atoms with Crippen LogP contribution in [-0.2, 0) is 19.3 Å². The molecule has 0 bridgehead atoms. The Hall–Kier alpha value is -1.17. The minimum Gasteiger partial charge on any atom is -0.379 e. The van der Waals surface area contributed by atoms with Crippen molar-refractivity contribution in [3.63, 3.8) is 0 Å². The fourth-order valence-electron chi connectivity index (χ4n) is 5.31. The number of unbranched alkanes of at least 4 members (excludes halogenated alkanes) is 18. The summed E-state index contributed by atoms with van der Waals surface area (Å²) in [5.41, 5.74) is 0. The van der Waals surface area contributed by atoms with Crippen LogP contribution in [0.15, 0.2) is 48.6 Å². The smallest absolute Gasteiger partial charge is 0.147 e. The average molecular weight is 665 g/mol. The highest BCUT2D eigenvalue weighted by Gasteiger charge is 2.13. The maximum atomic E-state index is 11.7. The molecule has 0 N–H and O–H groups in total. The maximum Gasteiger partial charge on any atom is 0.147 e. The minimum atomic E-state index is -2.99. The van der Waals surface area contributed by atoms with Crippen molar-refractivity contribution in [3.8, 4) is 0 Å². The van der Waals surface area contributed by atoms with Crippen molar-refractivity contribution < 1.29 is 17.9 Å². The second kappa shape index (κ2) is 36.7. The van der Waals surface area contributed by atoms with Crippen LogP contribution >= 0.6 is 0 Å². The summed E-state index contributed by atoms with van der Waals surface area (Å²) in [6.07, 6.45) is 49.8. The van der Waals surface area contributed by atoms with Crippen molar-refractivity contribution in [3.05, 3.63) is 48.6 Å². The highest BCUT2D eigenvalue weighted by molar-refractivity contribution is 7.90. The molecule has 1 atom stereocenters. The number of allylic oxidation sites excluding steroid dienone is 8. The summed E-state index contributed by atoms with van der Waals surface area (Å²) in [4.78, 5) is 0. The molecule has 0 radical (unpaired) electrons. The molecule has 0 saturated carbocycles. The van der Waals surface area contributed by atoms with E-state index in [0.717, 1.165) is 32.3 Å². The first-order chi connectivity index (χ1) is 22.5. The van der Waals surface area contributed by atoms with Gasteiger partial charge in [0.2, 0.25) is 0 Å². The third-order valence-corrected chi connectivity index (χ3v) is 9.28. The Labute approximate surface area is 287 Å². The molecule has 46 heavy (non-hydrogen) atoms. The largest absolute Gasteiger partial charge is 0.379 e. The first kappa shape index (κ1) is 44.8. The molecule has 0 aromatic carbocycles. The van der Waals surface area contributed by atoms with E-state index in [1.807, 2.05) is 0 Å². The lowest BCUT2D eigenvalue weighted by Gasteiger charge is -2.18. The first-order valence-electron chi connectivity index (χ1n) is 19.5. The van der Waals surface area contributed by atoms with Crippen molar-refractivity contribution in [1.82, 2.24) is 0 Å². The van der Waals surface area contributed by atoms with Crippen LogP contribution in [0.4, 0.5) is 0 Å². The van der Waals surface area contributed by atoms with E-state index in [1.165, 1.54) is 135 Å². The van der Waals surface area contributed by atoms with Gasteiger partial charge < -0.3 is 9.47 Å². The lowest BCUT2D eigenvalue weighted by Crippen LogP contribution is -2.24. The van der Waals surface area contributed by atoms with E-state index in [2.05, 4.69) is 62.5 Å². The standard InChI is InChI=1S/C41H76O4S/c1-4-6-8-10-12-14-16-18-20-22-24-26-28-30-32-34-37-44-40-41(36-39-46(3,42)43)45-38-35-33-31-29-27-25-23-21-19-17-15-13-11-9-7-5-2/h12-15,18-21,41H,4-11,16-17,22-40H2,1-3H3. The lowest BCUT2D eigenvalue weighted by atomic mass is 10.1. The quantitative estimate of drug-likeness (QED) is 0.0494. The molecule has 0 aromatic heterocycles. The molecular formula is C41H76O4S. The van der Waals surface area contributed by atoms with Crippen molar-refractivity contribution in [1.29, 1.82) is 0 Å². The summed E-state index contributed by atoms with van der Waals surface area (Å²) in [6, 6.07) is 0. The normalized spacial score (nSPS) is 13.4. The molecule has 0 aromatic rings. The van der Waals surface area contributed by atoms with Gasteiger partial charge in [-0.2, -0.15) is 0 Å². The van der Waals surface area contributed by atoms with E-state index in [0.29, 0.717) is 19.6 Å². The van der Waals surface area contributed by atoms with E-state index < -0.39 is 9.84 Å². The van der Waals surface area contributed by atoms with Gasteiger partial charge in [-0.05, 0) is 83.5 Å². The Morgan fingerprint density at radius 1 is 0.500 bits per heavy atom. The van der Waals surface area contributed by atoms with Gasteiger partial charge in [0.1, 0.15) is 9.84 Å². The molecule has 270 valence electrons. The third kappa shape index (κ3) is 39.0. The molecule has 0 saturated heterocycles. The number of rotatable bonds is 36. The Bertz CT molecular complexity index is 827. The summed E-state index contributed by atoms with van der Waals surface area (Å²) in [6.45, 7) is 6.43. The van der Waals surface area contributed by atoms with Gasteiger partial charge in [-0.1, -0.05) is 140 Å². The topological polar surface area (TPSA) is 52.6 Å². The van der Waals surface area contributed by atoms with Crippen molar-refractivity contribution >= 4 is 9.84 Å². The maximum absolute atomic E-state index is 11.7. The Morgan fingerprint density at radius 3 is 1.33 bits per heavy atom. The molecule has 5 heteroatoms. The monoisotopic (exact) mass is 665 g/mol. The molecule has 0 heterocycles. The molecule has 0 aliphatic heterocycles. The molecule has 0 spiro atoms. The van der Waals surface area contributed by atoms with Gasteiger partial charge in [-0.3, -0.25) is 0 Å². The van der Waals surface area contributed by atoms with E-state index in [9.17, 15) is 8.42 Å². The van der Waals surface area contributed by atoms with Crippen LogP contribution in [0, 0.1) is 0 Å². The highest BCUT2D eigenvalue weighted by atomic mass is 32.2. The fraction of sp³-hybridized carbons (Fsp3) is 0.805. The van der Waals surface area contributed by atoms with Crippen LogP contribution in [-0.4, -0.2) is 46.4 Å². The zero-order valence-corrected chi connectivity index (χ0v) is 31.6. The van der Waals surface area contributed by atoms with Gasteiger partial charge in [-0.25, -0.2) is 8.42 Å². The molecule has 0 amide bonds. The minimum absolute atomic E-state index is 0.127. The average Bonchev–Trinajstić information content (AvgIpc) is 3.03. The molecular weight excluding hydrogens is 589 g/mol. The van der Waals surface area contributed by atoms with Gasteiger partial charge >= 0.3 is 0 Å². The van der Waals surface area contributed by atoms with E-state index in [4.69, 9.17) is 9.47 Å². The highest BCUT2D eigenvalue weighted by Crippen LogP contribution is 2.12. The lowest BCUT2D eigenvalue weighted by molar-refractivity contribution is -0.0196. The van der Waals surface area contributed by atoms with Gasteiger partial charge in [0.25, 0.3) is 0 Å². The second-order valence-electron chi connectivity index (χ2n) is 13.2. The number of hydrogen-bond acceptors (Lipinski definition) is 4. The van der Waals surface area contributed by atoms with Gasteiger partial charge in [-0.15, -0.1) is 0 Å². The van der Waals surface area contributed by atoms with E-state index in [-0.39, 0.29) is 11.9 Å². The fourth-order valence-corrected chi connectivity index (χ4v) is 6.00. The molecule has 0 aliphatic rings. The molecule has 0 rings (SSSR count). The summed E-state index contributed by atoms with van der Waals surface area (Å²) in [5.74, 6) is 0.162. The zero-order valence-electron chi connectivity index (χ0n) is 30.7. The summed E-state index contributed by atoms with van der Waals surface area (Å²) < 4.78 is 35.4. The van der Waals surface area contributed by atoms with E-state index in [1.54, 1.807) is 0 Å². The SMILES string of the molecule is CCCCCC=CCC=CCCCCCCCCOCC(CCS(C)(=O)=O)OCCCCCCCCC=CCC=CCCCCC. The first-order valence-corrected chi connectivity index (χ1v) is 21.5. The van der Waals surface area contributed by atoms with Crippen LogP contribution in [0.1, 0.15) is 174 Å². The van der Waals surface area contributed by atoms with Gasteiger partial charge in [0.05, 0.1) is 18.5 Å². The molecule has 0 fully saturated rings. The van der Waals surface area contributed by atoms with Crippen molar-refractivity contribution in [2.24, 2.45) is 0 Å². The van der Waals surface area contributed by atoms with Crippen molar-refractivity contribution in [2.45, 2.75) is 180 Å². The molecule has 1 unspecified atom stereocenters. The second-order valence-corrected chi connectivity index (χ2v) is 15.4. The summed E-state index contributed by atoms with van der Waals surface area (Å²) >= 11 is 0. The van der Waals surface area contributed by atoms with Crippen LogP contribution in [0.2, 0.25) is 0 Å². The Balaban J connectivity index is 3.76. The predicted octanol–water partition coefficient (Wildman–Crippen LogP) is 12.4. The van der Waals surface area contributed by atoms with Crippen LogP contribution in [0.3, 0.4) is 0 Å². The summed E-state index contributed by atoms with van der Waals surface area (Å²) in [7, 11) is -2.99. The Kier molecular flexibility index (Phi) is 35.7. The number of hydrogen-bond donors (Lipinski definition) is 0. The van der Waals surface area contributed by atoms with Gasteiger partial charge in [0.15, 0.2) is 0 Å². The van der Waals surface area contributed by atoms with Crippen LogP contribution in [0.5, 0.6) is 0 Å². The zero-order chi connectivity index (χ0) is 33.7.